The Morgan fingerprint density at radius 2 is 0.700 bits per heavy atom. The molecule has 0 aliphatic carbocycles. The van der Waals surface area contributed by atoms with Crippen molar-refractivity contribution in [2.75, 3.05) is 13.1 Å². The molecule has 0 rings (SSSR count). The topological polar surface area (TPSA) is 52.0 Å². The summed E-state index contributed by atoms with van der Waals surface area (Å²) in [5.74, 6) is 0. The van der Waals surface area contributed by atoms with Gasteiger partial charge in [0.1, 0.15) is 0 Å². The number of rotatable bonds is 16. The monoisotopic (exact) mass is 282 g/mol. The van der Waals surface area contributed by atoms with Crippen LogP contribution in [0.3, 0.4) is 0 Å². The fraction of sp³-hybridized carbons (Fsp3) is 0.889. The first-order valence-electron chi connectivity index (χ1n) is 8.97. The molecular weight excluding hydrogens is 244 g/mol. The molecule has 4 N–H and O–H groups in total. The quantitative estimate of drug-likeness (QED) is 0.312. The van der Waals surface area contributed by atoms with E-state index in [4.69, 9.17) is 11.5 Å². The molecule has 0 atom stereocenters. The third-order valence-electron chi connectivity index (χ3n) is 3.82. The van der Waals surface area contributed by atoms with Gasteiger partial charge in [0.2, 0.25) is 0 Å². The van der Waals surface area contributed by atoms with Gasteiger partial charge in [-0.3, -0.25) is 0 Å². The minimum absolute atomic E-state index is 0.857. The molecule has 0 spiro atoms. The molecule has 0 heterocycles. The van der Waals surface area contributed by atoms with E-state index in [0.717, 1.165) is 13.1 Å². The van der Waals surface area contributed by atoms with Gasteiger partial charge in [-0.25, -0.2) is 0 Å². The van der Waals surface area contributed by atoms with Crippen molar-refractivity contribution >= 4 is 0 Å². The van der Waals surface area contributed by atoms with Gasteiger partial charge in [0.05, 0.1) is 0 Å². The molecule has 0 fully saturated rings. The number of unbranched alkanes of at least 4 members (excludes halogenated alkanes) is 12. The highest BCUT2D eigenvalue weighted by Crippen LogP contribution is 2.09. The van der Waals surface area contributed by atoms with Crippen LogP contribution in [0.4, 0.5) is 0 Å². The van der Waals surface area contributed by atoms with Crippen LogP contribution in [0.25, 0.3) is 0 Å². The lowest BCUT2D eigenvalue weighted by Gasteiger charge is -2.00. The van der Waals surface area contributed by atoms with Crippen LogP contribution < -0.4 is 11.5 Å². The van der Waals surface area contributed by atoms with Gasteiger partial charge in [0.15, 0.2) is 0 Å². The number of nitrogens with two attached hydrogens (primary N) is 2. The lowest BCUT2D eigenvalue weighted by atomic mass is 10.1. The minimum Gasteiger partial charge on any atom is -0.330 e. The molecule has 2 heteroatoms. The third-order valence-corrected chi connectivity index (χ3v) is 3.82. The zero-order valence-electron chi connectivity index (χ0n) is 13.6. The Morgan fingerprint density at radius 1 is 0.400 bits per heavy atom. The maximum absolute atomic E-state index is 5.48. The summed E-state index contributed by atoms with van der Waals surface area (Å²) >= 11 is 0. The van der Waals surface area contributed by atoms with Crippen molar-refractivity contribution in [3.8, 4) is 0 Å². The van der Waals surface area contributed by atoms with Gasteiger partial charge >= 0.3 is 0 Å². The Morgan fingerprint density at radius 3 is 1.05 bits per heavy atom. The van der Waals surface area contributed by atoms with Gasteiger partial charge in [-0.2, -0.15) is 0 Å². The highest BCUT2D eigenvalue weighted by atomic mass is 14.5. The molecule has 0 aromatic carbocycles. The molecule has 0 aromatic heterocycles. The average molecular weight is 283 g/mol. The fourth-order valence-electron chi connectivity index (χ4n) is 2.46. The molecule has 0 aromatic rings. The van der Waals surface area contributed by atoms with Crippen LogP contribution in [0.1, 0.15) is 89.9 Å². The summed E-state index contributed by atoms with van der Waals surface area (Å²) in [6.45, 7) is 1.71. The summed E-state index contributed by atoms with van der Waals surface area (Å²) in [6.07, 6.45) is 23.3. The Bertz CT molecular complexity index is 170. The van der Waals surface area contributed by atoms with Crippen molar-refractivity contribution in [3.63, 3.8) is 0 Å². The van der Waals surface area contributed by atoms with Crippen LogP contribution in [-0.4, -0.2) is 13.1 Å². The number of hydrogen-bond donors (Lipinski definition) is 2. The van der Waals surface area contributed by atoms with Crippen LogP contribution in [-0.2, 0) is 0 Å². The first-order valence-corrected chi connectivity index (χ1v) is 8.97. The van der Waals surface area contributed by atoms with Crippen molar-refractivity contribution < 1.29 is 0 Å². The Labute approximate surface area is 127 Å². The van der Waals surface area contributed by atoms with E-state index in [1.165, 1.54) is 89.9 Å². The van der Waals surface area contributed by atoms with Crippen molar-refractivity contribution in [2.45, 2.75) is 89.9 Å². The first kappa shape index (κ1) is 19.7. The van der Waals surface area contributed by atoms with Crippen molar-refractivity contribution in [3.05, 3.63) is 12.2 Å². The van der Waals surface area contributed by atoms with Crippen molar-refractivity contribution in [2.24, 2.45) is 11.5 Å². The summed E-state index contributed by atoms with van der Waals surface area (Å²) < 4.78 is 0. The molecule has 0 bridgehead atoms. The third kappa shape index (κ3) is 17.7. The molecule has 0 saturated carbocycles. The van der Waals surface area contributed by atoms with Crippen LogP contribution >= 0.6 is 0 Å². The second-order valence-electron chi connectivity index (χ2n) is 5.87. The summed E-state index contributed by atoms with van der Waals surface area (Å²) in [4.78, 5) is 0. The largest absolute Gasteiger partial charge is 0.330 e. The van der Waals surface area contributed by atoms with Crippen LogP contribution in [0.2, 0.25) is 0 Å². The maximum atomic E-state index is 5.48. The van der Waals surface area contributed by atoms with Crippen molar-refractivity contribution in [1.82, 2.24) is 0 Å². The fourth-order valence-corrected chi connectivity index (χ4v) is 2.46. The standard InChI is InChI=1S/C18H38N2/c19-17-15-13-11-9-7-5-3-1-2-4-6-8-10-12-14-16-18-20/h1-2H,3-20H2. The average Bonchev–Trinajstić information content (AvgIpc) is 2.47. The van der Waals surface area contributed by atoms with Crippen LogP contribution in [0.15, 0.2) is 12.2 Å². The van der Waals surface area contributed by atoms with Gasteiger partial charge in [-0.1, -0.05) is 63.5 Å². The zero-order valence-corrected chi connectivity index (χ0v) is 13.6. The van der Waals surface area contributed by atoms with Crippen LogP contribution in [0.5, 0.6) is 0 Å². The van der Waals surface area contributed by atoms with E-state index >= 15 is 0 Å². The van der Waals surface area contributed by atoms with Crippen LogP contribution in [0, 0.1) is 0 Å². The second kappa shape index (κ2) is 18.7. The van der Waals surface area contributed by atoms with Gasteiger partial charge in [-0.15, -0.1) is 0 Å². The predicted octanol–water partition coefficient (Wildman–Crippen LogP) is 4.92. The van der Waals surface area contributed by atoms with Gasteiger partial charge in [-0.05, 0) is 51.6 Å². The summed E-state index contributed by atoms with van der Waals surface area (Å²) in [5, 5.41) is 0. The van der Waals surface area contributed by atoms with Crippen molar-refractivity contribution in [1.29, 1.82) is 0 Å². The molecule has 0 saturated heterocycles. The van der Waals surface area contributed by atoms with E-state index in [1.807, 2.05) is 0 Å². The molecule has 0 radical (unpaired) electrons. The molecule has 20 heavy (non-hydrogen) atoms. The molecule has 0 aliphatic heterocycles. The van der Waals surface area contributed by atoms with E-state index in [2.05, 4.69) is 12.2 Å². The highest BCUT2D eigenvalue weighted by molar-refractivity contribution is 4.81. The second-order valence-corrected chi connectivity index (χ2v) is 5.87. The van der Waals surface area contributed by atoms with E-state index in [-0.39, 0.29) is 0 Å². The molecule has 120 valence electrons. The normalized spacial score (nSPS) is 11.5. The molecular formula is C18H38N2. The highest BCUT2D eigenvalue weighted by Gasteiger charge is 1.90. The summed E-state index contributed by atoms with van der Waals surface area (Å²) in [5.41, 5.74) is 11.0. The minimum atomic E-state index is 0.857. The maximum Gasteiger partial charge on any atom is -0.00773 e. The van der Waals surface area contributed by atoms with E-state index in [1.54, 1.807) is 0 Å². The summed E-state index contributed by atoms with van der Waals surface area (Å²) in [6, 6.07) is 0. The predicted molar refractivity (Wildman–Crippen MR) is 91.9 cm³/mol. The molecule has 0 unspecified atom stereocenters. The number of hydrogen-bond acceptors (Lipinski definition) is 2. The molecule has 0 aliphatic rings. The van der Waals surface area contributed by atoms with E-state index in [0.29, 0.717) is 0 Å². The lowest BCUT2D eigenvalue weighted by Crippen LogP contribution is -1.97. The van der Waals surface area contributed by atoms with Gasteiger partial charge in [0, 0.05) is 0 Å². The smallest absolute Gasteiger partial charge is 0.00773 e. The number of allylic oxidation sites excluding steroid dienone is 2. The first-order chi connectivity index (χ1) is 9.91. The van der Waals surface area contributed by atoms with Gasteiger partial charge in [0.25, 0.3) is 0 Å². The Balaban J connectivity index is 3.01. The Kier molecular flexibility index (Phi) is 18.3. The molecule has 2 nitrogen and oxygen atoms in total. The molecule has 0 amide bonds. The van der Waals surface area contributed by atoms with Gasteiger partial charge < -0.3 is 11.5 Å². The summed E-state index contributed by atoms with van der Waals surface area (Å²) in [7, 11) is 0. The van der Waals surface area contributed by atoms with E-state index < -0.39 is 0 Å². The Hall–Kier alpha value is -0.340. The lowest BCUT2D eigenvalue weighted by molar-refractivity contribution is 0.597. The van der Waals surface area contributed by atoms with E-state index in [9.17, 15) is 0 Å². The zero-order chi connectivity index (χ0) is 14.7. The SMILES string of the molecule is NCCCCCCCCC=CCCCCCCCCN.